The summed E-state index contributed by atoms with van der Waals surface area (Å²) in [5, 5.41) is 8.77. The fraction of sp³-hybridized carbons (Fsp3) is 0.333. The third-order valence-electron chi connectivity index (χ3n) is 2.30. The van der Waals surface area contributed by atoms with E-state index in [0.29, 0.717) is 12.8 Å². The molecule has 1 aromatic carbocycles. The number of aromatic carboxylic acids is 1. The lowest BCUT2D eigenvalue weighted by molar-refractivity contribution is 0.0697. The third-order valence-corrected chi connectivity index (χ3v) is 3.49. The fourth-order valence-electron chi connectivity index (χ4n) is 1.31. The van der Waals surface area contributed by atoms with Gasteiger partial charge in [-0.2, -0.15) is 8.42 Å². The Morgan fingerprint density at radius 3 is 2.47 bits per heavy atom. The summed E-state index contributed by atoms with van der Waals surface area (Å²) in [5.41, 5.74) is -0.222. The largest absolute Gasteiger partial charge is 0.478 e. The molecule has 19 heavy (non-hydrogen) atoms. The zero-order valence-electron chi connectivity index (χ0n) is 10.3. The lowest BCUT2D eigenvalue weighted by Crippen LogP contribution is -2.16. The molecule has 0 heterocycles. The number of rotatable bonds is 6. The minimum absolute atomic E-state index is 0.111. The maximum absolute atomic E-state index is 11.6. The van der Waals surface area contributed by atoms with Crippen molar-refractivity contribution < 1.29 is 27.3 Å². The Bertz CT molecular complexity index is 576. The van der Waals surface area contributed by atoms with Crippen molar-refractivity contribution in [1.82, 2.24) is 0 Å². The van der Waals surface area contributed by atoms with E-state index in [9.17, 15) is 18.0 Å². The highest BCUT2D eigenvalue weighted by molar-refractivity contribution is 7.87. The van der Waals surface area contributed by atoms with Crippen molar-refractivity contribution in [1.29, 1.82) is 0 Å². The molecule has 0 aliphatic rings. The average Bonchev–Trinajstić information content (AvgIpc) is 2.36. The van der Waals surface area contributed by atoms with E-state index in [1.807, 2.05) is 6.92 Å². The molecule has 0 bridgehead atoms. The molecule has 6 nitrogen and oxygen atoms in total. The van der Waals surface area contributed by atoms with Crippen LogP contribution in [0.15, 0.2) is 24.3 Å². The number of benzene rings is 1. The standard InChI is InChI=1S/C12H14O6S/c1-2-3-7-19(16,17)18-12(15)10-6-4-5-9(8-10)11(13)14/h4-6,8H,2-3,7H2,1H3,(H,13,14). The number of hydrogen-bond donors (Lipinski definition) is 1. The van der Waals surface area contributed by atoms with Crippen LogP contribution < -0.4 is 0 Å². The zero-order chi connectivity index (χ0) is 14.5. The molecule has 0 aromatic heterocycles. The predicted molar refractivity (Wildman–Crippen MR) is 67.5 cm³/mol. The molecular weight excluding hydrogens is 272 g/mol. The molecule has 0 atom stereocenters. The van der Waals surface area contributed by atoms with Gasteiger partial charge in [0, 0.05) is 0 Å². The molecule has 1 aromatic rings. The van der Waals surface area contributed by atoms with Crippen LogP contribution in [0.3, 0.4) is 0 Å². The van der Waals surface area contributed by atoms with Gasteiger partial charge in [-0.1, -0.05) is 19.4 Å². The second kappa shape index (κ2) is 6.33. The van der Waals surface area contributed by atoms with Crippen LogP contribution in [0.4, 0.5) is 0 Å². The van der Waals surface area contributed by atoms with E-state index in [4.69, 9.17) is 5.11 Å². The van der Waals surface area contributed by atoms with E-state index in [1.54, 1.807) is 0 Å². The van der Waals surface area contributed by atoms with Crippen molar-refractivity contribution in [3.8, 4) is 0 Å². The molecule has 0 fully saturated rings. The molecule has 0 radical (unpaired) electrons. The second-order valence-corrected chi connectivity index (χ2v) is 5.56. The number of carbonyl (C=O) groups is 2. The molecule has 0 spiro atoms. The van der Waals surface area contributed by atoms with Crippen molar-refractivity contribution in [2.24, 2.45) is 0 Å². The van der Waals surface area contributed by atoms with Gasteiger partial charge in [0.1, 0.15) is 0 Å². The van der Waals surface area contributed by atoms with Crippen molar-refractivity contribution in [2.45, 2.75) is 19.8 Å². The van der Waals surface area contributed by atoms with Crippen LogP contribution in [-0.4, -0.2) is 31.2 Å². The van der Waals surface area contributed by atoms with E-state index in [-0.39, 0.29) is 16.9 Å². The van der Waals surface area contributed by atoms with Gasteiger partial charge in [-0.25, -0.2) is 9.59 Å². The molecule has 0 unspecified atom stereocenters. The fourth-order valence-corrected chi connectivity index (χ4v) is 2.36. The smallest absolute Gasteiger partial charge is 0.353 e. The van der Waals surface area contributed by atoms with Crippen molar-refractivity contribution >= 4 is 22.1 Å². The molecule has 1 rings (SSSR count). The monoisotopic (exact) mass is 286 g/mol. The molecule has 0 saturated carbocycles. The second-order valence-electron chi connectivity index (χ2n) is 3.87. The van der Waals surface area contributed by atoms with Crippen LogP contribution in [0, 0.1) is 0 Å². The Labute approximate surface area is 111 Å². The quantitative estimate of drug-likeness (QED) is 0.799. The Hall–Kier alpha value is -1.89. The number of carboxylic acids is 1. The topological polar surface area (TPSA) is 97.7 Å². The first-order chi connectivity index (χ1) is 8.85. The molecule has 0 saturated heterocycles. The van der Waals surface area contributed by atoms with E-state index < -0.39 is 22.1 Å². The van der Waals surface area contributed by atoms with Crippen molar-refractivity contribution in [3.05, 3.63) is 35.4 Å². The summed E-state index contributed by atoms with van der Waals surface area (Å²) in [5.74, 6) is -2.52. The molecule has 104 valence electrons. The first-order valence-electron chi connectivity index (χ1n) is 5.65. The zero-order valence-corrected chi connectivity index (χ0v) is 11.1. The lowest BCUT2D eigenvalue weighted by atomic mass is 10.1. The Balaban J connectivity index is 2.84. The van der Waals surface area contributed by atoms with Gasteiger partial charge in [0.2, 0.25) is 0 Å². The van der Waals surface area contributed by atoms with Crippen molar-refractivity contribution in [2.75, 3.05) is 5.75 Å². The van der Waals surface area contributed by atoms with E-state index in [1.165, 1.54) is 18.2 Å². The highest BCUT2D eigenvalue weighted by Crippen LogP contribution is 2.10. The Kier molecular flexibility index (Phi) is 5.05. The molecule has 0 aliphatic heterocycles. The number of carbonyl (C=O) groups excluding carboxylic acids is 1. The van der Waals surface area contributed by atoms with Gasteiger partial charge in [0.25, 0.3) is 0 Å². The third kappa shape index (κ3) is 4.70. The first-order valence-corrected chi connectivity index (χ1v) is 7.23. The van der Waals surface area contributed by atoms with Crippen molar-refractivity contribution in [3.63, 3.8) is 0 Å². The summed E-state index contributed by atoms with van der Waals surface area (Å²) in [6, 6.07) is 5.01. The van der Waals surface area contributed by atoms with Gasteiger partial charge in [-0.15, -0.1) is 0 Å². The van der Waals surface area contributed by atoms with Crippen LogP contribution in [0.1, 0.15) is 40.5 Å². The first kappa shape index (κ1) is 15.2. The van der Waals surface area contributed by atoms with E-state index in [2.05, 4.69) is 4.18 Å². The molecule has 0 amide bonds. The van der Waals surface area contributed by atoms with Gasteiger partial charge in [-0.05, 0) is 24.6 Å². The highest BCUT2D eigenvalue weighted by Gasteiger charge is 2.19. The van der Waals surface area contributed by atoms with Gasteiger partial charge in [0.05, 0.1) is 16.9 Å². The summed E-state index contributed by atoms with van der Waals surface area (Å²) in [7, 11) is -3.92. The lowest BCUT2D eigenvalue weighted by Gasteiger charge is -2.05. The molecule has 0 aliphatic carbocycles. The number of carboxylic acid groups (broad SMARTS) is 1. The summed E-state index contributed by atoms with van der Waals surface area (Å²) in [4.78, 5) is 22.3. The SMILES string of the molecule is CCCCS(=O)(=O)OC(=O)c1cccc(C(=O)O)c1. The van der Waals surface area contributed by atoms with E-state index >= 15 is 0 Å². The van der Waals surface area contributed by atoms with Crippen LogP contribution in [0.5, 0.6) is 0 Å². The minimum Gasteiger partial charge on any atom is -0.478 e. The number of hydrogen-bond acceptors (Lipinski definition) is 5. The maximum atomic E-state index is 11.6. The summed E-state index contributed by atoms with van der Waals surface area (Å²) >= 11 is 0. The summed E-state index contributed by atoms with van der Waals surface area (Å²) in [6.07, 6.45) is 1.05. The highest BCUT2D eigenvalue weighted by atomic mass is 32.2. The summed E-state index contributed by atoms with van der Waals surface area (Å²) < 4.78 is 27.3. The average molecular weight is 286 g/mol. The van der Waals surface area contributed by atoms with Gasteiger partial charge in [-0.3, -0.25) is 0 Å². The minimum atomic E-state index is -3.92. The maximum Gasteiger partial charge on any atom is 0.353 e. The number of unbranched alkanes of at least 4 members (excludes halogenated alkanes) is 1. The molecule has 1 N–H and O–H groups in total. The van der Waals surface area contributed by atoms with E-state index in [0.717, 1.165) is 6.07 Å². The summed E-state index contributed by atoms with van der Waals surface area (Å²) in [6.45, 7) is 1.81. The molecule has 7 heteroatoms. The van der Waals surface area contributed by atoms with Crippen LogP contribution in [0.2, 0.25) is 0 Å². The molecular formula is C12H14O6S. The van der Waals surface area contributed by atoms with Crippen LogP contribution in [-0.2, 0) is 14.3 Å². The van der Waals surface area contributed by atoms with Gasteiger partial charge < -0.3 is 9.29 Å². The van der Waals surface area contributed by atoms with Crippen LogP contribution in [0.25, 0.3) is 0 Å². The van der Waals surface area contributed by atoms with Gasteiger partial charge >= 0.3 is 22.1 Å². The normalized spacial score (nSPS) is 11.0. The van der Waals surface area contributed by atoms with Crippen LogP contribution >= 0.6 is 0 Å². The predicted octanol–water partition coefficient (Wildman–Crippen LogP) is 1.67. The Morgan fingerprint density at radius 1 is 1.26 bits per heavy atom. The van der Waals surface area contributed by atoms with Gasteiger partial charge in [0.15, 0.2) is 0 Å². The Morgan fingerprint density at radius 2 is 1.89 bits per heavy atom.